The number of fused-ring (bicyclic) bond motifs is 1. The fourth-order valence-corrected chi connectivity index (χ4v) is 4.60. The average Bonchev–Trinajstić information content (AvgIpc) is 3.00. The van der Waals surface area contributed by atoms with Crippen molar-refractivity contribution in [2.45, 2.75) is 76.8 Å². The monoisotopic (exact) mass is 321 g/mol. The third-order valence-electron chi connectivity index (χ3n) is 6.26. The minimum atomic E-state index is 0.0756. The molecule has 4 nitrogen and oxygen atoms in total. The van der Waals surface area contributed by atoms with Crippen molar-refractivity contribution in [3.8, 4) is 0 Å². The van der Waals surface area contributed by atoms with Gasteiger partial charge in [-0.25, -0.2) is 0 Å². The number of unbranched alkanes of at least 4 members (excludes halogenated alkanes) is 1. The lowest BCUT2D eigenvalue weighted by Gasteiger charge is -2.30. The Morgan fingerprint density at radius 1 is 1.13 bits per heavy atom. The van der Waals surface area contributed by atoms with Crippen molar-refractivity contribution in [3.63, 3.8) is 0 Å². The molecule has 0 aromatic heterocycles. The molecule has 4 heteroatoms. The Labute approximate surface area is 141 Å². The van der Waals surface area contributed by atoms with Crippen LogP contribution in [0.3, 0.4) is 0 Å². The number of carbonyl (C=O) groups is 1. The molecule has 1 amide bonds. The van der Waals surface area contributed by atoms with Gasteiger partial charge in [-0.2, -0.15) is 0 Å². The summed E-state index contributed by atoms with van der Waals surface area (Å²) in [5.74, 6) is 1.90. The van der Waals surface area contributed by atoms with Crippen LogP contribution in [0.25, 0.3) is 0 Å². The number of hydrogen-bond donors (Lipinski definition) is 2. The van der Waals surface area contributed by atoms with Gasteiger partial charge in [0.15, 0.2) is 0 Å². The van der Waals surface area contributed by atoms with Gasteiger partial charge < -0.3 is 15.5 Å². The third-order valence-corrected chi connectivity index (χ3v) is 6.26. The lowest BCUT2D eigenvalue weighted by Crippen LogP contribution is -2.43. The lowest BCUT2D eigenvalue weighted by atomic mass is 9.85. The highest BCUT2D eigenvalue weighted by Crippen LogP contribution is 2.33. The molecule has 3 aliphatic rings. The first kappa shape index (κ1) is 17.2. The topological polar surface area (TPSA) is 44.4 Å². The molecule has 2 heterocycles. The van der Waals surface area contributed by atoms with Gasteiger partial charge in [-0.15, -0.1) is 0 Å². The largest absolute Gasteiger partial charge is 0.355 e. The number of piperidine rings is 1. The molecule has 0 aromatic rings. The van der Waals surface area contributed by atoms with E-state index >= 15 is 0 Å². The number of nitrogens with one attached hydrogen (secondary N) is 2. The summed E-state index contributed by atoms with van der Waals surface area (Å²) >= 11 is 0. The van der Waals surface area contributed by atoms with E-state index in [9.17, 15) is 4.79 Å². The maximum Gasteiger partial charge on any atom is 0.237 e. The third kappa shape index (κ3) is 4.93. The van der Waals surface area contributed by atoms with E-state index in [0.29, 0.717) is 6.04 Å². The van der Waals surface area contributed by atoms with Crippen LogP contribution in [0.4, 0.5) is 0 Å². The van der Waals surface area contributed by atoms with E-state index in [1.807, 2.05) is 0 Å². The molecule has 23 heavy (non-hydrogen) atoms. The van der Waals surface area contributed by atoms with E-state index in [4.69, 9.17) is 0 Å². The van der Waals surface area contributed by atoms with Gasteiger partial charge in [0.25, 0.3) is 0 Å². The summed E-state index contributed by atoms with van der Waals surface area (Å²) in [5.41, 5.74) is 0. The second-order valence-electron chi connectivity index (χ2n) is 8.13. The van der Waals surface area contributed by atoms with Gasteiger partial charge in [-0.05, 0) is 76.4 Å². The van der Waals surface area contributed by atoms with Crippen LogP contribution in [0, 0.1) is 11.8 Å². The van der Waals surface area contributed by atoms with Gasteiger partial charge in [0.2, 0.25) is 5.91 Å². The van der Waals surface area contributed by atoms with Gasteiger partial charge in [-0.1, -0.05) is 19.8 Å². The van der Waals surface area contributed by atoms with Crippen molar-refractivity contribution in [2.24, 2.45) is 11.8 Å². The van der Waals surface area contributed by atoms with E-state index in [2.05, 4.69) is 22.5 Å². The van der Waals surface area contributed by atoms with Crippen molar-refractivity contribution in [1.82, 2.24) is 15.5 Å². The number of likely N-dealkylation sites (tertiary alicyclic amines) is 1. The predicted molar refractivity (Wildman–Crippen MR) is 94.4 cm³/mol. The molecular weight excluding hydrogens is 286 g/mol. The lowest BCUT2D eigenvalue weighted by molar-refractivity contribution is -0.122. The molecule has 3 unspecified atom stereocenters. The van der Waals surface area contributed by atoms with Crippen molar-refractivity contribution >= 4 is 5.91 Å². The number of carbonyl (C=O) groups excluding carboxylic acids is 1. The Bertz CT molecular complexity index is 365. The minimum absolute atomic E-state index is 0.0756. The van der Waals surface area contributed by atoms with Crippen molar-refractivity contribution in [1.29, 1.82) is 0 Å². The standard InChI is InChI=1S/C19H35N3O/c1-15-8-12-22(13-9-15)11-5-4-10-20-19(23)18-14-16-6-2-3-7-17(16)21-18/h15-18,21H,2-14H2,1H3,(H,20,23). The summed E-state index contributed by atoms with van der Waals surface area (Å²) in [6.07, 6.45) is 11.3. The quantitative estimate of drug-likeness (QED) is 0.739. The summed E-state index contributed by atoms with van der Waals surface area (Å²) < 4.78 is 0. The molecule has 0 aromatic carbocycles. The van der Waals surface area contributed by atoms with Gasteiger partial charge in [0, 0.05) is 12.6 Å². The summed E-state index contributed by atoms with van der Waals surface area (Å²) in [5, 5.41) is 6.73. The maximum absolute atomic E-state index is 12.3. The summed E-state index contributed by atoms with van der Waals surface area (Å²) in [4.78, 5) is 14.9. The zero-order valence-corrected chi connectivity index (χ0v) is 14.9. The van der Waals surface area contributed by atoms with E-state index in [0.717, 1.165) is 31.2 Å². The highest BCUT2D eigenvalue weighted by atomic mass is 16.2. The first-order valence-electron chi connectivity index (χ1n) is 9.98. The summed E-state index contributed by atoms with van der Waals surface area (Å²) in [6.45, 7) is 6.94. The molecule has 0 bridgehead atoms. The maximum atomic E-state index is 12.3. The second-order valence-corrected chi connectivity index (χ2v) is 8.13. The van der Waals surface area contributed by atoms with Crippen molar-refractivity contribution < 1.29 is 4.79 Å². The van der Waals surface area contributed by atoms with Crippen LogP contribution in [-0.2, 0) is 4.79 Å². The number of rotatable bonds is 6. The molecule has 1 aliphatic carbocycles. The normalized spacial score (nSPS) is 32.7. The van der Waals surface area contributed by atoms with Gasteiger partial charge >= 0.3 is 0 Å². The van der Waals surface area contributed by atoms with Crippen molar-refractivity contribution in [3.05, 3.63) is 0 Å². The molecule has 132 valence electrons. The zero-order valence-electron chi connectivity index (χ0n) is 14.9. The first-order chi connectivity index (χ1) is 11.2. The fourth-order valence-electron chi connectivity index (χ4n) is 4.60. The molecule has 0 spiro atoms. The number of hydrogen-bond acceptors (Lipinski definition) is 3. The smallest absolute Gasteiger partial charge is 0.237 e. The molecule has 2 saturated heterocycles. The Morgan fingerprint density at radius 3 is 2.70 bits per heavy atom. The molecule has 2 aliphatic heterocycles. The molecule has 3 fully saturated rings. The van der Waals surface area contributed by atoms with Crippen LogP contribution >= 0.6 is 0 Å². The van der Waals surface area contributed by atoms with Crippen molar-refractivity contribution in [2.75, 3.05) is 26.2 Å². The van der Waals surface area contributed by atoms with E-state index < -0.39 is 0 Å². The van der Waals surface area contributed by atoms with Gasteiger partial charge in [0.1, 0.15) is 0 Å². The molecule has 0 radical (unpaired) electrons. The minimum Gasteiger partial charge on any atom is -0.355 e. The van der Waals surface area contributed by atoms with Crippen LogP contribution in [-0.4, -0.2) is 49.1 Å². The fraction of sp³-hybridized carbons (Fsp3) is 0.947. The first-order valence-corrected chi connectivity index (χ1v) is 9.98. The molecule has 3 atom stereocenters. The zero-order chi connectivity index (χ0) is 16.1. The van der Waals surface area contributed by atoms with E-state index in [-0.39, 0.29) is 11.9 Å². The summed E-state index contributed by atoms with van der Waals surface area (Å²) in [7, 11) is 0. The van der Waals surface area contributed by atoms with Crippen LogP contribution in [0.15, 0.2) is 0 Å². The number of amides is 1. The highest BCUT2D eigenvalue weighted by molar-refractivity contribution is 5.82. The van der Waals surface area contributed by atoms with Crippen LogP contribution in [0.1, 0.15) is 64.7 Å². The molecule has 3 rings (SSSR count). The molecular formula is C19H35N3O. The second kappa shape index (κ2) is 8.48. The van der Waals surface area contributed by atoms with Gasteiger partial charge in [0.05, 0.1) is 6.04 Å². The van der Waals surface area contributed by atoms with Crippen LogP contribution in [0.5, 0.6) is 0 Å². The van der Waals surface area contributed by atoms with Crippen LogP contribution < -0.4 is 10.6 Å². The van der Waals surface area contributed by atoms with E-state index in [1.54, 1.807) is 0 Å². The Balaban J connectivity index is 1.25. The highest BCUT2D eigenvalue weighted by Gasteiger charge is 2.37. The predicted octanol–water partition coefficient (Wildman–Crippen LogP) is 2.54. The van der Waals surface area contributed by atoms with Gasteiger partial charge in [-0.3, -0.25) is 4.79 Å². The Hall–Kier alpha value is -0.610. The summed E-state index contributed by atoms with van der Waals surface area (Å²) in [6, 6.07) is 0.688. The Kier molecular flexibility index (Phi) is 6.35. The number of nitrogens with zero attached hydrogens (tertiary/aromatic N) is 1. The van der Waals surface area contributed by atoms with Crippen LogP contribution in [0.2, 0.25) is 0 Å². The molecule has 1 saturated carbocycles. The Morgan fingerprint density at radius 2 is 1.91 bits per heavy atom. The van der Waals surface area contributed by atoms with E-state index in [1.165, 1.54) is 64.6 Å². The average molecular weight is 322 g/mol. The molecule has 2 N–H and O–H groups in total. The SMILES string of the molecule is CC1CCN(CCCCNC(=O)C2CC3CCCCC3N2)CC1.